The van der Waals surface area contributed by atoms with Crippen LogP contribution in [-0.2, 0) is 14.3 Å². The molecule has 29 heavy (non-hydrogen) atoms. The Balaban J connectivity index is 2.03. The van der Waals surface area contributed by atoms with E-state index >= 15 is 0 Å². The van der Waals surface area contributed by atoms with Gasteiger partial charge >= 0.3 is 5.97 Å². The molecule has 10 heteroatoms. The Morgan fingerprint density at radius 1 is 1.41 bits per heavy atom. The molecule has 0 bridgehead atoms. The number of aromatic amines is 1. The Morgan fingerprint density at radius 2 is 2.17 bits per heavy atom. The second-order valence-electron chi connectivity index (χ2n) is 5.97. The number of nitrogens with zero attached hydrogens (tertiary/aromatic N) is 3. The maximum absolute atomic E-state index is 12.1. The molecule has 9 nitrogen and oxygen atoms in total. The molecule has 0 aliphatic carbocycles. The molecule has 2 heterocycles. The number of anilines is 1. The fourth-order valence-electron chi connectivity index (χ4n) is 2.61. The second-order valence-corrected chi connectivity index (χ2v) is 6.36. The first-order valence-electron chi connectivity index (χ1n) is 8.51. The number of esters is 1. The zero-order valence-corrected chi connectivity index (χ0v) is 16.3. The molecular formula is C19H15N5O4S. The number of benzene rings is 1. The van der Waals surface area contributed by atoms with Crippen LogP contribution in [-0.4, -0.2) is 39.4 Å². The lowest BCUT2D eigenvalue weighted by atomic mass is 10.1. The van der Waals surface area contributed by atoms with Gasteiger partial charge in [0.2, 0.25) is 0 Å². The number of H-pyrrole nitrogens is 1. The lowest BCUT2D eigenvalue weighted by Crippen LogP contribution is -2.37. The number of amides is 2. The zero-order chi connectivity index (χ0) is 21.1. The highest BCUT2D eigenvalue weighted by Crippen LogP contribution is 2.23. The summed E-state index contributed by atoms with van der Waals surface area (Å²) in [6, 6.07) is 8.38. The van der Waals surface area contributed by atoms with Gasteiger partial charge in [-0.2, -0.15) is 10.3 Å². The van der Waals surface area contributed by atoms with Gasteiger partial charge in [-0.1, -0.05) is 24.4 Å². The molecule has 2 N–H and O–H groups in total. The van der Waals surface area contributed by atoms with Crippen LogP contribution in [0.3, 0.4) is 0 Å². The summed E-state index contributed by atoms with van der Waals surface area (Å²) in [6.07, 6.45) is 1.18. The molecule has 3 rings (SSSR count). The Morgan fingerprint density at radius 3 is 2.79 bits per heavy atom. The molecule has 2 aromatic rings. The Kier molecular flexibility index (Phi) is 5.52. The van der Waals surface area contributed by atoms with Crippen LogP contribution >= 0.6 is 12.2 Å². The van der Waals surface area contributed by atoms with E-state index in [4.69, 9.17) is 17.0 Å². The summed E-state index contributed by atoms with van der Waals surface area (Å²) in [5, 5.41) is 10.2. The number of carbonyl (C=O) groups is 3. The minimum absolute atomic E-state index is 0.0320. The van der Waals surface area contributed by atoms with Gasteiger partial charge in [0.25, 0.3) is 11.8 Å². The summed E-state index contributed by atoms with van der Waals surface area (Å²) in [5.74, 6) is -1.32. The number of ether oxygens (including phenoxy) is 1. The van der Waals surface area contributed by atoms with E-state index in [1.807, 2.05) is 6.07 Å². The van der Waals surface area contributed by atoms with Crippen molar-refractivity contribution < 1.29 is 19.1 Å². The maximum atomic E-state index is 12.1. The molecule has 0 saturated heterocycles. The van der Waals surface area contributed by atoms with E-state index in [0.717, 1.165) is 5.01 Å². The number of hydrogen-bond donors (Lipinski definition) is 2. The third-order valence-electron chi connectivity index (χ3n) is 4.00. The zero-order valence-electron chi connectivity index (χ0n) is 15.5. The molecule has 2 amide bonds. The highest BCUT2D eigenvalue weighted by molar-refractivity contribution is 7.71. The number of nitriles is 1. The highest BCUT2D eigenvalue weighted by Gasteiger charge is 2.29. The lowest BCUT2D eigenvalue weighted by molar-refractivity contribution is -0.135. The third kappa shape index (κ3) is 3.90. The number of nitrogens with one attached hydrogen (secondary N) is 2. The molecule has 1 aliphatic rings. The van der Waals surface area contributed by atoms with E-state index in [0.29, 0.717) is 11.1 Å². The van der Waals surface area contributed by atoms with Crippen molar-refractivity contribution in [3.8, 4) is 17.5 Å². The van der Waals surface area contributed by atoms with E-state index in [-0.39, 0.29) is 34.0 Å². The van der Waals surface area contributed by atoms with Gasteiger partial charge in [-0.25, -0.2) is 9.78 Å². The topological polar surface area (TPSA) is 128 Å². The molecule has 1 aromatic carbocycles. The van der Waals surface area contributed by atoms with Crippen LogP contribution in [0.15, 0.2) is 35.9 Å². The average molecular weight is 409 g/mol. The molecule has 0 fully saturated rings. The fraction of sp³-hybridized carbons (Fsp3) is 0.158. The standard InChI is InChI=1S/C19H15N5O4S/c1-3-28-19(27)12-6-4-5-11(8-12)15-21-16(13(9-20)17(29)22-15)23-24-14(25)7-10(2)18(24)26/h4-8H,3H2,1-2H3,(H2,21,22,23,29). The quantitative estimate of drug-likeness (QED) is 0.438. The first kappa shape index (κ1) is 19.9. The summed E-state index contributed by atoms with van der Waals surface area (Å²) in [7, 11) is 0. The van der Waals surface area contributed by atoms with Gasteiger partial charge in [-0.3, -0.25) is 15.0 Å². The highest BCUT2D eigenvalue weighted by atomic mass is 32.1. The first-order valence-corrected chi connectivity index (χ1v) is 8.92. The van der Waals surface area contributed by atoms with Gasteiger partial charge in [0, 0.05) is 17.2 Å². The van der Waals surface area contributed by atoms with Crippen molar-refractivity contribution in [1.82, 2.24) is 15.0 Å². The normalized spacial score (nSPS) is 13.1. The van der Waals surface area contributed by atoms with Gasteiger partial charge < -0.3 is 9.72 Å². The summed E-state index contributed by atoms with van der Waals surface area (Å²) in [5.41, 5.74) is 3.65. The molecule has 1 aliphatic heterocycles. The van der Waals surface area contributed by atoms with Crippen LogP contribution in [0.25, 0.3) is 11.4 Å². The smallest absolute Gasteiger partial charge is 0.338 e. The number of hydrogen-bond acceptors (Lipinski definition) is 8. The van der Waals surface area contributed by atoms with E-state index < -0.39 is 17.8 Å². The van der Waals surface area contributed by atoms with Crippen LogP contribution in [0.4, 0.5) is 5.82 Å². The SMILES string of the molecule is CCOC(=O)c1cccc(-c2nc(=S)c(C#N)c(NN3C(=O)C=C(C)C3=O)[nH]2)c1. The summed E-state index contributed by atoms with van der Waals surface area (Å²) in [6.45, 7) is 3.45. The van der Waals surface area contributed by atoms with E-state index in [2.05, 4.69) is 15.4 Å². The maximum Gasteiger partial charge on any atom is 0.338 e. The Hall–Kier alpha value is -3.84. The van der Waals surface area contributed by atoms with E-state index in [1.165, 1.54) is 13.0 Å². The van der Waals surface area contributed by atoms with Crippen molar-refractivity contribution in [2.24, 2.45) is 0 Å². The Labute approximate surface area is 170 Å². The van der Waals surface area contributed by atoms with Gasteiger partial charge in [0.05, 0.1) is 12.2 Å². The predicted molar refractivity (Wildman–Crippen MR) is 105 cm³/mol. The summed E-state index contributed by atoms with van der Waals surface area (Å²) >= 11 is 5.19. The van der Waals surface area contributed by atoms with Crippen molar-refractivity contribution in [3.05, 3.63) is 51.7 Å². The second kappa shape index (κ2) is 8.04. The number of aromatic nitrogens is 2. The Bertz CT molecular complexity index is 1160. The van der Waals surface area contributed by atoms with Crippen LogP contribution in [0, 0.1) is 16.0 Å². The van der Waals surface area contributed by atoms with Gasteiger partial charge in [-0.05, 0) is 26.0 Å². The van der Waals surface area contributed by atoms with E-state index in [1.54, 1.807) is 31.2 Å². The largest absolute Gasteiger partial charge is 0.462 e. The van der Waals surface area contributed by atoms with Gasteiger partial charge in [0.15, 0.2) is 0 Å². The minimum Gasteiger partial charge on any atom is -0.462 e. The molecule has 0 radical (unpaired) electrons. The molecule has 0 unspecified atom stereocenters. The molecule has 0 saturated carbocycles. The fourth-order valence-corrected chi connectivity index (χ4v) is 2.85. The van der Waals surface area contributed by atoms with Gasteiger partial charge in [0.1, 0.15) is 27.9 Å². The molecule has 0 spiro atoms. The number of rotatable bonds is 5. The van der Waals surface area contributed by atoms with Crippen LogP contribution in [0.2, 0.25) is 0 Å². The molecule has 0 atom stereocenters. The van der Waals surface area contributed by atoms with Crippen LogP contribution < -0.4 is 5.43 Å². The number of carbonyl (C=O) groups excluding carboxylic acids is 3. The number of hydrazine groups is 1. The molecular weight excluding hydrogens is 394 g/mol. The van der Waals surface area contributed by atoms with Crippen molar-refractivity contribution >= 4 is 35.8 Å². The van der Waals surface area contributed by atoms with Crippen molar-refractivity contribution in [2.75, 3.05) is 12.0 Å². The average Bonchev–Trinajstić information content (AvgIpc) is 2.94. The predicted octanol–water partition coefficient (Wildman–Crippen LogP) is 2.50. The van der Waals surface area contributed by atoms with Crippen molar-refractivity contribution in [2.45, 2.75) is 13.8 Å². The third-order valence-corrected chi connectivity index (χ3v) is 4.30. The van der Waals surface area contributed by atoms with Gasteiger partial charge in [-0.15, -0.1) is 0 Å². The van der Waals surface area contributed by atoms with Crippen molar-refractivity contribution in [3.63, 3.8) is 0 Å². The first-order chi connectivity index (χ1) is 13.8. The number of imide groups is 1. The van der Waals surface area contributed by atoms with Crippen LogP contribution in [0.1, 0.15) is 29.8 Å². The summed E-state index contributed by atoms with van der Waals surface area (Å²) < 4.78 is 4.96. The lowest BCUT2D eigenvalue weighted by Gasteiger charge is -2.18. The van der Waals surface area contributed by atoms with Crippen LogP contribution in [0.5, 0.6) is 0 Å². The molecule has 146 valence electrons. The minimum atomic E-state index is -0.571. The molecule has 1 aromatic heterocycles. The summed E-state index contributed by atoms with van der Waals surface area (Å²) in [4.78, 5) is 43.2. The van der Waals surface area contributed by atoms with E-state index in [9.17, 15) is 19.6 Å². The monoisotopic (exact) mass is 409 g/mol. The van der Waals surface area contributed by atoms with Crippen molar-refractivity contribution in [1.29, 1.82) is 5.26 Å².